The van der Waals surface area contributed by atoms with Crippen LogP contribution in [0.4, 0.5) is 0 Å². The van der Waals surface area contributed by atoms with Gasteiger partial charge in [0.25, 0.3) is 0 Å². The highest BCUT2D eigenvalue weighted by Crippen LogP contribution is 2.72. The zero-order valence-electron chi connectivity index (χ0n) is 18.1. The Hall–Kier alpha value is -1.74. The molecule has 3 aliphatic heterocycles. The van der Waals surface area contributed by atoms with E-state index in [9.17, 15) is 24.9 Å². The summed E-state index contributed by atoms with van der Waals surface area (Å²) < 4.78 is 18.3. The van der Waals surface area contributed by atoms with Crippen molar-refractivity contribution in [3.05, 3.63) is 23.3 Å². The first kappa shape index (κ1) is 21.1. The number of hydrogen-bond acceptors (Lipinski definition) is 8. The second-order valence-corrected chi connectivity index (χ2v) is 10.3. The molecule has 2 saturated carbocycles. The fraction of sp³-hybridized carbons (Fsp3) is 0.739. The van der Waals surface area contributed by atoms with Crippen LogP contribution < -0.4 is 0 Å². The average molecular weight is 434 g/mol. The van der Waals surface area contributed by atoms with Crippen molar-refractivity contribution >= 4 is 11.9 Å². The molecule has 0 aromatic heterocycles. The lowest BCUT2D eigenvalue weighted by molar-refractivity contribution is -0.263. The molecule has 2 saturated heterocycles. The molecule has 170 valence electrons. The Morgan fingerprint density at radius 1 is 1.32 bits per heavy atom. The van der Waals surface area contributed by atoms with E-state index in [1.165, 1.54) is 0 Å². The van der Waals surface area contributed by atoms with Crippen LogP contribution in [0.3, 0.4) is 0 Å². The maximum atomic E-state index is 13.4. The molecule has 31 heavy (non-hydrogen) atoms. The van der Waals surface area contributed by atoms with Gasteiger partial charge >= 0.3 is 11.9 Å². The lowest BCUT2D eigenvalue weighted by Gasteiger charge is -2.63. The highest BCUT2D eigenvalue weighted by atomic mass is 16.6. The molecule has 1 spiro atoms. The van der Waals surface area contributed by atoms with Crippen LogP contribution in [0.1, 0.15) is 46.5 Å². The predicted octanol–water partition coefficient (Wildman–Crippen LogP) is 0.780. The molecule has 4 fully saturated rings. The minimum absolute atomic E-state index is 0.0638. The summed E-state index contributed by atoms with van der Waals surface area (Å²) >= 11 is 0. The summed E-state index contributed by atoms with van der Waals surface area (Å²) in [6.45, 7) is 8.33. The van der Waals surface area contributed by atoms with Crippen molar-refractivity contribution in [2.75, 3.05) is 13.2 Å². The number of aliphatic hydroxyl groups is 3. The monoisotopic (exact) mass is 434 g/mol. The van der Waals surface area contributed by atoms with Crippen LogP contribution in [-0.4, -0.2) is 70.0 Å². The summed E-state index contributed by atoms with van der Waals surface area (Å²) in [5, 5.41) is 32.1. The van der Waals surface area contributed by atoms with Crippen molar-refractivity contribution in [1.29, 1.82) is 0 Å². The van der Waals surface area contributed by atoms with Crippen LogP contribution in [0, 0.1) is 16.7 Å². The van der Waals surface area contributed by atoms with E-state index in [0.29, 0.717) is 18.4 Å². The lowest BCUT2D eigenvalue weighted by Crippen LogP contribution is -2.73. The average Bonchev–Trinajstić information content (AvgIpc) is 3.18. The molecule has 0 aromatic rings. The molecule has 8 nitrogen and oxygen atoms in total. The first-order chi connectivity index (χ1) is 14.5. The molecule has 5 rings (SSSR count). The smallest absolute Gasteiger partial charge is 0.336 e. The number of carbonyl (C=O) groups is 2. The van der Waals surface area contributed by atoms with Gasteiger partial charge in [-0.05, 0) is 37.7 Å². The van der Waals surface area contributed by atoms with E-state index < -0.39 is 65.5 Å². The second-order valence-electron chi connectivity index (χ2n) is 10.3. The van der Waals surface area contributed by atoms with Gasteiger partial charge < -0.3 is 29.5 Å². The molecular weight excluding hydrogens is 404 g/mol. The molecule has 0 radical (unpaired) electrons. The number of ether oxygens (including phenoxy) is 3. The van der Waals surface area contributed by atoms with E-state index in [1.807, 2.05) is 20.8 Å². The summed E-state index contributed by atoms with van der Waals surface area (Å²) in [6.07, 6.45) is -0.644. The van der Waals surface area contributed by atoms with Gasteiger partial charge in [-0.1, -0.05) is 20.4 Å². The Kier molecular flexibility index (Phi) is 4.22. The normalized spacial score (nSPS) is 49.5. The second kappa shape index (κ2) is 6.19. The van der Waals surface area contributed by atoms with Gasteiger partial charge in [-0.2, -0.15) is 0 Å². The van der Waals surface area contributed by atoms with Crippen molar-refractivity contribution in [1.82, 2.24) is 0 Å². The Labute approximate surface area is 180 Å². The minimum Gasteiger partial charge on any atom is -0.459 e. The quantitative estimate of drug-likeness (QED) is 0.337. The van der Waals surface area contributed by atoms with E-state index >= 15 is 0 Å². The van der Waals surface area contributed by atoms with Gasteiger partial charge in [0, 0.05) is 17.4 Å². The van der Waals surface area contributed by atoms with Gasteiger partial charge in [0.05, 0.1) is 24.9 Å². The van der Waals surface area contributed by atoms with E-state index in [4.69, 9.17) is 14.2 Å². The van der Waals surface area contributed by atoms with Gasteiger partial charge in [0.15, 0.2) is 0 Å². The molecule has 3 bridgehead atoms. The molecule has 2 aliphatic carbocycles. The zero-order valence-corrected chi connectivity index (χ0v) is 18.1. The van der Waals surface area contributed by atoms with Gasteiger partial charge in [0.1, 0.15) is 28.8 Å². The number of hydrogen-bond donors (Lipinski definition) is 3. The SMILES string of the molecule is C=C(CO)C(=O)O[C@@H]1C2=C(C)[C@H]3C[C@@]4(CO)C(=O)O[C@H]5CC[C@H](C)[C@]1(C)[C@@]5(O)C[C@@]24O3. The van der Waals surface area contributed by atoms with E-state index in [-0.39, 0.29) is 24.3 Å². The fourth-order valence-electron chi connectivity index (χ4n) is 7.18. The van der Waals surface area contributed by atoms with Crippen LogP contribution in [0.2, 0.25) is 0 Å². The predicted molar refractivity (Wildman–Crippen MR) is 106 cm³/mol. The molecule has 0 unspecified atom stereocenters. The molecular formula is C23H30O8. The summed E-state index contributed by atoms with van der Waals surface area (Å²) in [5.74, 6) is -1.38. The van der Waals surface area contributed by atoms with Crippen molar-refractivity contribution in [3.8, 4) is 0 Å². The van der Waals surface area contributed by atoms with Crippen LogP contribution >= 0.6 is 0 Å². The largest absolute Gasteiger partial charge is 0.459 e. The first-order valence-electron chi connectivity index (χ1n) is 11.0. The topological polar surface area (TPSA) is 123 Å². The number of aliphatic hydroxyl groups excluding tert-OH is 2. The van der Waals surface area contributed by atoms with Crippen LogP contribution in [-0.2, 0) is 23.8 Å². The van der Waals surface area contributed by atoms with Crippen molar-refractivity contribution < 1.29 is 39.1 Å². The summed E-state index contributed by atoms with van der Waals surface area (Å²) in [7, 11) is 0. The van der Waals surface area contributed by atoms with Crippen molar-refractivity contribution in [2.45, 2.75) is 76.0 Å². The number of esters is 2. The van der Waals surface area contributed by atoms with Gasteiger partial charge in [-0.3, -0.25) is 4.79 Å². The van der Waals surface area contributed by atoms with Crippen LogP contribution in [0.25, 0.3) is 0 Å². The van der Waals surface area contributed by atoms with E-state index in [1.54, 1.807) is 0 Å². The number of fused-ring (bicyclic) bond motifs is 1. The molecule has 8 heteroatoms. The maximum absolute atomic E-state index is 13.4. The van der Waals surface area contributed by atoms with Gasteiger partial charge in [0.2, 0.25) is 0 Å². The van der Waals surface area contributed by atoms with E-state index in [2.05, 4.69) is 6.58 Å². The van der Waals surface area contributed by atoms with Crippen LogP contribution in [0.15, 0.2) is 23.3 Å². The molecule has 3 N–H and O–H groups in total. The Morgan fingerprint density at radius 3 is 2.68 bits per heavy atom. The highest BCUT2D eigenvalue weighted by molar-refractivity contribution is 5.89. The molecule has 0 aromatic carbocycles. The Balaban J connectivity index is 1.78. The van der Waals surface area contributed by atoms with Crippen molar-refractivity contribution in [2.24, 2.45) is 16.7 Å². The summed E-state index contributed by atoms with van der Waals surface area (Å²) in [6, 6.07) is 0. The lowest BCUT2D eigenvalue weighted by atomic mass is 9.44. The Morgan fingerprint density at radius 2 is 2.03 bits per heavy atom. The third kappa shape index (κ3) is 2.10. The highest BCUT2D eigenvalue weighted by Gasteiger charge is 2.82. The van der Waals surface area contributed by atoms with E-state index in [0.717, 1.165) is 5.57 Å². The van der Waals surface area contributed by atoms with Gasteiger partial charge in [-0.25, -0.2) is 4.79 Å². The third-order valence-corrected chi connectivity index (χ3v) is 9.28. The molecule has 8 atom stereocenters. The summed E-state index contributed by atoms with van der Waals surface area (Å²) in [5.41, 5.74) is -3.74. The zero-order chi connectivity index (χ0) is 22.6. The summed E-state index contributed by atoms with van der Waals surface area (Å²) in [4.78, 5) is 26.2. The van der Waals surface area contributed by atoms with Gasteiger partial charge in [-0.15, -0.1) is 0 Å². The number of rotatable bonds is 4. The molecule has 0 amide bonds. The fourth-order valence-corrected chi connectivity index (χ4v) is 7.18. The Bertz CT molecular complexity index is 925. The first-order valence-corrected chi connectivity index (χ1v) is 11.0. The minimum atomic E-state index is -1.52. The standard InChI is InChI=1S/C23H30O8/c1-11(8-24)18(26)30-17-16-13(3)14-7-21(10-25)19(27)29-15-6-5-12(2)20(17,4)22(15,28)9-23(16,21)31-14/h12,14-15,17,24-25,28H,1,5-10H2,2-4H3/t12-,14+,15-,17+,20-,21+,22+,23+/m0/s1. The van der Waals surface area contributed by atoms with Crippen molar-refractivity contribution in [3.63, 3.8) is 0 Å². The third-order valence-electron chi connectivity index (χ3n) is 9.28. The molecule has 3 heterocycles. The number of carbonyl (C=O) groups excluding carboxylic acids is 2. The van der Waals surface area contributed by atoms with Crippen LogP contribution in [0.5, 0.6) is 0 Å². The molecule has 5 aliphatic rings. The maximum Gasteiger partial charge on any atom is 0.336 e.